The summed E-state index contributed by atoms with van der Waals surface area (Å²) in [5, 5.41) is 13.9. The van der Waals surface area contributed by atoms with Gasteiger partial charge in [0, 0.05) is 59.0 Å². The summed E-state index contributed by atoms with van der Waals surface area (Å²) >= 11 is 0. The van der Waals surface area contributed by atoms with Crippen LogP contribution >= 0.6 is 0 Å². The molecule has 0 bridgehead atoms. The van der Waals surface area contributed by atoms with Crippen molar-refractivity contribution >= 4 is 39.6 Å². The summed E-state index contributed by atoms with van der Waals surface area (Å²) in [5.41, 5.74) is 4.95. The normalized spacial score (nSPS) is 16.4. The molecule has 1 amide bonds. The molecule has 6 rings (SSSR count). The van der Waals surface area contributed by atoms with E-state index >= 15 is 0 Å². The molecule has 1 saturated heterocycles. The number of anilines is 4. The molecule has 2 heterocycles. The smallest absolute Gasteiger partial charge is 0.255 e. The van der Waals surface area contributed by atoms with Crippen LogP contribution in [0, 0.1) is 11.2 Å². The Labute approximate surface area is 203 Å². The van der Waals surface area contributed by atoms with Crippen molar-refractivity contribution in [3.63, 3.8) is 0 Å². The van der Waals surface area contributed by atoms with Gasteiger partial charge in [-0.3, -0.25) is 9.78 Å². The summed E-state index contributed by atoms with van der Waals surface area (Å²) in [6.07, 6.45) is 4.05. The predicted octanol–water partition coefficient (Wildman–Crippen LogP) is 5.53. The van der Waals surface area contributed by atoms with Gasteiger partial charge in [-0.25, -0.2) is 4.39 Å². The molecular weight excluding hydrogens is 441 g/mol. The van der Waals surface area contributed by atoms with Gasteiger partial charge in [0.05, 0.1) is 5.52 Å². The summed E-state index contributed by atoms with van der Waals surface area (Å²) in [6.45, 7) is 2.26. The molecule has 176 valence electrons. The number of hydrogen-bond acceptors (Lipinski definition) is 5. The summed E-state index contributed by atoms with van der Waals surface area (Å²) in [4.78, 5) is 17.3. The molecule has 6 nitrogen and oxygen atoms in total. The number of halogens is 1. The topological polar surface area (TPSA) is 78.1 Å². The van der Waals surface area contributed by atoms with E-state index in [0.717, 1.165) is 35.8 Å². The highest BCUT2D eigenvalue weighted by molar-refractivity contribution is 6.05. The number of rotatable bonds is 6. The van der Waals surface area contributed by atoms with Gasteiger partial charge < -0.3 is 21.3 Å². The molecule has 2 aliphatic rings. The zero-order chi connectivity index (χ0) is 23.8. The molecule has 1 aromatic heterocycles. The van der Waals surface area contributed by atoms with Crippen LogP contribution in [0.2, 0.25) is 0 Å². The summed E-state index contributed by atoms with van der Waals surface area (Å²) in [7, 11) is 0. The van der Waals surface area contributed by atoms with Crippen molar-refractivity contribution in [3.8, 4) is 0 Å². The number of aromatic nitrogens is 1. The van der Waals surface area contributed by atoms with Crippen LogP contribution in [0.5, 0.6) is 0 Å². The second kappa shape index (κ2) is 8.67. The minimum atomic E-state index is -0.324. The van der Waals surface area contributed by atoms with Crippen molar-refractivity contribution in [3.05, 3.63) is 90.4 Å². The van der Waals surface area contributed by atoms with Crippen LogP contribution in [-0.2, 0) is 0 Å². The number of pyridine rings is 1. The Hall–Kier alpha value is -3.97. The maximum Gasteiger partial charge on any atom is 0.255 e. The Morgan fingerprint density at radius 2 is 1.74 bits per heavy atom. The Morgan fingerprint density at radius 1 is 0.943 bits per heavy atom. The van der Waals surface area contributed by atoms with Crippen LogP contribution in [0.3, 0.4) is 0 Å². The Kier molecular flexibility index (Phi) is 5.34. The molecular formula is C28H26FN5O. The van der Waals surface area contributed by atoms with Gasteiger partial charge in [0.2, 0.25) is 0 Å². The van der Waals surface area contributed by atoms with E-state index in [-0.39, 0.29) is 11.7 Å². The van der Waals surface area contributed by atoms with Gasteiger partial charge in [-0.1, -0.05) is 12.1 Å². The van der Waals surface area contributed by atoms with Gasteiger partial charge in [-0.15, -0.1) is 0 Å². The highest BCUT2D eigenvalue weighted by Gasteiger charge is 2.48. The van der Waals surface area contributed by atoms with E-state index in [1.165, 1.54) is 25.0 Å². The van der Waals surface area contributed by atoms with Crippen molar-refractivity contribution in [2.24, 2.45) is 5.41 Å². The standard InChI is InChI=1S/C28H26FN5O/c29-19-7-8-25-24(12-19)26(9-10-31-25)33-20-4-1-3-18(11-20)27(35)34-22-6-2-5-21(13-22)32-23-14-28(15-23)16-30-17-28/h1-13,23,30,32H,14-17H2,(H,31,33)(H,34,35). The van der Waals surface area contributed by atoms with Gasteiger partial charge in [0.25, 0.3) is 5.91 Å². The third-order valence-electron chi connectivity index (χ3n) is 6.96. The van der Waals surface area contributed by atoms with E-state index in [1.54, 1.807) is 30.5 Å². The fraction of sp³-hybridized carbons (Fsp3) is 0.214. The molecule has 35 heavy (non-hydrogen) atoms. The maximum absolute atomic E-state index is 13.8. The van der Waals surface area contributed by atoms with Gasteiger partial charge >= 0.3 is 0 Å². The fourth-order valence-corrected chi connectivity index (χ4v) is 5.10. The molecule has 1 saturated carbocycles. The van der Waals surface area contributed by atoms with Crippen molar-refractivity contribution in [1.82, 2.24) is 10.3 Å². The van der Waals surface area contributed by atoms with Crippen molar-refractivity contribution in [2.75, 3.05) is 29.0 Å². The number of carbonyl (C=O) groups is 1. The highest BCUT2D eigenvalue weighted by atomic mass is 19.1. The van der Waals surface area contributed by atoms with Crippen LogP contribution < -0.4 is 21.3 Å². The summed E-state index contributed by atoms with van der Waals surface area (Å²) in [6, 6.07) is 21.9. The third-order valence-corrected chi connectivity index (χ3v) is 6.96. The first-order chi connectivity index (χ1) is 17.1. The number of nitrogens with one attached hydrogen (secondary N) is 4. The van der Waals surface area contributed by atoms with Gasteiger partial charge in [-0.05, 0) is 78.9 Å². The Balaban J connectivity index is 1.14. The van der Waals surface area contributed by atoms with E-state index in [1.807, 2.05) is 36.4 Å². The molecule has 0 unspecified atom stereocenters. The molecule has 3 aromatic carbocycles. The largest absolute Gasteiger partial charge is 0.382 e. The van der Waals surface area contributed by atoms with Crippen LogP contribution in [0.1, 0.15) is 23.2 Å². The number of amides is 1. The quantitative estimate of drug-likeness (QED) is 0.300. The number of nitrogens with zero attached hydrogens (tertiary/aromatic N) is 1. The van der Waals surface area contributed by atoms with E-state index < -0.39 is 0 Å². The van der Waals surface area contributed by atoms with Crippen molar-refractivity contribution in [1.29, 1.82) is 0 Å². The minimum absolute atomic E-state index is 0.195. The van der Waals surface area contributed by atoms with Gasteiger partial charge in [-0.2, -0.15) is 0 Å². The van der Waals surface area contributed by atoms with E-state index in [4.69, 9.17) is 0 Å². The highest BCUT2D eigenvalue weighted by Crippen LogP contribution is 2.45. The summed E-state index contributed by atoms with van der Waals surface area (Å²) < 4.78 is 13.8. The number of hydrogen-bond donors (Lipinski definition) is 4. The molecule has 1 aliphatic heterocycles. The maximum atomic E-state index is 13.8. The van der Waals surface area contributed by atoms with Gasteiger partial charge in [0.1, 0.15) is 5.82 Å². The summed E-state index contributed by atoms with van der Waals surface area (Å²) in [5.74, 6) is -0.519. The molecule has 0 radical (unpaired) electrons. The zero-order valence-electron chi connectivity index (χ0n) is 19.1. The van der Waals surface area contributed by atoms with Crippen molar-refractivity contribution in [2.45, 2.75) is 18.9 Å². The molecule has 4 aromatic rings. The molecule has 0 atom stereocenters. The molecule has 1 aliphatic carbocycles. The average molecular weight is 468 g/mol. The predicted molar refractivity (Wildman–Crippen MR) is 138 cm³/mol. The lowest BCUT2D eigenvalue weighted by Crippen LogP contribution is -2.63. The first kappa shape index (κ1) is 21.6. The van der Waals surface area contributed by atoms with E-state index in [9.17, 15) is 9.18 Å². The second-order valence-electron chi connectivity index (χ2n) is 9.61. The molecule has 1 spiro atoms. The molecule has 2 fully saturated rings. The fourth-order valence-electron chi connectivity index (χ4n) is 5.10. The molecule has 4 N–H and O–H groups in total. The lowest BCUT2D eigenvalue weighted by atomic mass is 9.61. The van der Waals surface area contributed by atoms with E-state index in [2.05, 4.69) is 26.3 Å². The Morgan fingerprint density at radius 3 is 2.57 bits per heavy atom. The first-order valence-electron chi connectivity index (χ1n) is 11.9. The second-order valence-corrected chi connectivity index (χ2v) is 9.61. The number of benzene rings is 3. The lowest BCUT2D eigenvalue weighted by molar-refractivity contribution is 0.0470. The first-order valence-corrected chi connectivity index (χ1v) is 11.9. The minimum Gasteiger partial charge on any atom is -0.382 e. The van der Waals surface area contributed by atoms with Crippen LogP contribution in [0.25, 0.3) is 10.9 Å². The number of carbonyl (C=O) groups excluding carboxylic acids is 1. The van der Waals surface area contributed by atoms with Crippen LogP contribution in [-0.4, -0.2) is 30.0 Å². The zero-order valence-corrected chi connectivity index (χ0v) is 19.1. The molecule has 7 heteroatoms. The third kappa shape index (κ3) is 4.42. The number of fused-ring (bicyclic) bond motifs is 1. The van der Waals surface area contributed by atoms with E-state index in [0.29, 0.717) is 27.9 Å². The lowest BCUT2D eigenvalue weighted by Gasteiger charge is -2.54. The van der Waals surface area contributed by atoms with Crippen LogP contribution in [0.4, 0.5) is 27.1 Å². The Bertz CT molecular complexity index is 1410. The van der Waals surface area contributed by atoms with Crippen molar-refractivity contribution < 1.29 is 9.18 Å². The monoisotopic (exact) mass is 467 g/mol. The SMILES string of the molecule is O=C(Nc1cccc(NC2CC3(CNC3)C2)c1)c1cccc(Nc2ccnc3ccc(F)cc23)c1. The van der Waals surface area contributed by atoms with Crippen LogP contribution in [0.15, 0.2) is 79.0 Å². The average Bonchev–Trinajstić information content (AvgIpc) is 2.81. The van der Waals surface area contributed by atoms with Gasteiger partial charge in [0.15, 0.2) is 0 Å².